The summed E-state index contributed by atoms with van der Waals surface area (Å²) in [5, 5.41) is 3.13. The summed E-state index contributed by atoms with van der Waals surface area (Å²) < 4.78 is 19.0. The third-order valence-corrected chi connectivity index (χ3v) is 3.78. The zero-order chi connectivity index (χ0) is 15.2. The second kappa shape index (κ2) is 7.40. The number of halogens is 2. The molecule has 0 fully saturated rings. The van der Waals surface area contributed by atoms with Gasteiger partial charge in [-0.1, -0.05) is 30.3 Å². The van der Waals surface area contributed by atoms with E-state index in [1.54, 1.807) is 13.0 Å². The van der Waals surface area contributed by atoms with E-state index in [1.807, 2.05) is 52.9 Å². The molecule has 1 unspecified atom stereocenters. The van der Waals surface area contributed by atoms with Gasteiger partial charge in [-0.2, -0.15) is 0 Å². The first-order chi connectivity index (χ1) is 10.1. The number of nitrogens with one attached hydrogen (secondary N) is 1. The van der Waals surface area contributed by atoms with E-state index in [4.69, 9.17) is 4.74 Å². The van der Waals surface area contributed by atoms with Crippen LogP contribution in [0.2, 0.25) is 0 Å². The molecule has 0 aliphatic rings. The zero-order valence-corrected chi connectivity index (χ0v) is 13.6. The average molecular weight is 399 g/mol. The first-order valence-corrected chi connectivity index (χ1v) is 7.63. The first-order valence-electron chi connectivity index (χ1n) is 6.55. The molecule has 0 spiro atoms. The van der Waals surface area contributed by atoms with Crippen LogP contribution >= 0.6 is 22.6 Å². The number of carbonyl (C=O) groups is 1. The number of benzene rings is 2. The fourth-order valence-electron chi connectivity index (χ4n) is 1.91. The van der Waals surface area contributed by atoms with Crippen LogP contribution < -0.4 is 5.32 Å². The highest BCUT2D eigenvalue weighted by molar-refractivity contribution is 14.1. The predicted octanol–water partition coefficient (Wildman–Crippen LogP) is 4.15. The molecule has 2 aromatic rings. The highest BCUT2D eigenvalue weighted by atomic mass is 127. The average Bonchev–Trinajstić information content (AvgIpc) is 2.47. The van der Waals surface area contributed by atoms with Crippen LogP contribution in [0.15, 0.2) is 48.5 Å². The molecule has 1 N–H and O–H groups in total. The highest BCUT2D eigenvalue weighted by Gasteiger charge is 2.22. The summed E-state index contributed by atoms with van der Waals surface area (Å²) in [5.41, 5.74) is 1.50. The van der Waals surface area contributed by atoms with Gasteiger partial charge in [0, 0.05) is 9.26 Å². The smallest absolute Gasteiger partial charge is 0.333 e. The lowest BCUT2D eigenvalue weighted by molar-refractivity contribution is -0.144. The van der Waals surface area contributed by atoms with Crippen LogP contribution in [0.4, 0.5) is 10.1 Å². The first kappa shape index (κ1) is 15.8. The van der Waals surface area contributed by atoms with Crippen molar-refractivity contribution >= 4 is 34.2 Å². The third kappa shape index (κ3) is 4.17. The van der Waals surface area contributed by atoms with Gasteiger partial charge in [0.2, 0.25) is 0 Å². The summed E-state index contributed by atoms with van der Waals surface area (Å²) in [4.78, 5) is 12.2. The van der Waals surface area contributed by atoms with Crippen molar-refractivity contribution in [2.45, 2.75) is 13.0 Å². The van der Waals surface area contributed by atoms with Crippen molar-refractivity contribution in [1.29, 1.82) is 0 Å². The van der Waals surface area contributed by atoms with Crippen LogP contribution in [0.25, 0.3) is 0 Å². The molecule has 1 atom stereocenters. The topological polar surface area (TPSA) is 38.3 Å². The lowest BCUT2D eigenvalue weighted by atomic mass is 10.1. The van der Waals surface area contributed by atoms with Gasteiger partial charge in [0.15, 0.2) is 6.04 Å². The standard InChI is InChI=1S/C16H15FINO2/c1-2-21-16(20)15(11-6-4-3-5-7-11)19-14-9-8-12(17)10-13(14)18/h3-10,15,19H,2H2,1H3. The van der Waals surface area contributed by atoms with Gasteiger partial charge in [-0.3, -0.25) is 0 Å². The van der Waals surface area contributed by atoms with E-state index in [-0.39, 0.29) is 11.8 Å². The molecule has 5 heteroatoms. The second-order valence-electron chi connectivity index (χ2n) is 4.36. The van der Waals surface area contributed by atoms with Crippen LogP contribution in [0.3, 0.4) is 0 Å². The van der Waals surface area contributed by atoms with Gasteiger partial charge in [0.25, 0.3) is 0 Å². The molecule has 3 nitrogen and oxygen atoms in total. The van der Waals surface area contributed by atoms with Crippen molar-refractivity contribution in [2.75, 3.05) is 11.9 Å². The van der Waals surface area contributed by atoms with Crippen molar-refractivity contribution in [1.82, 2.24) is 0 Å². The minimum Gasteiger partial charge on any atom is -0.464 e. The highest BCUT2D eigenvalue weighted by Crippen LogP contribution is 2.25. The molecule has 0 aliphatic carbocycles. The van der Waals surface area contributed by atoms with Crippen molar-refractivity contribution in [3.8, 4) is 0 Å². The number of ether oxygens (including phenoxy) is 1. The fraction of sp³-hybridized carbons (Fsp3) is 0.188. The fourth-order valence-corrected chi connectivity index (χ4v) is 2.54. The number of rotatable bonds is 5. The second-order valence-corrected chi connectivity index (χ2v) is 5.53. The molecule has 0 aliphatic heterocycles. The molecule has 2 aromatic carbocycles. The quantitative estimate of drug-likeness (QED) is 0.607. The van der Waals surface area contributed by atoms with Crippen LogP contribution in [-0.2, 0) is 9.53 Å². The SMILES string of the molecule is CCOC(=O)C(Nc1ccc(F)cc1I)c1ccccc1. The normalized spacial score (nSPS) is 11.8. The number of esters is 1. The number of hydrogen-bond donors (Lipinski definition) is 1. The maximum atomic E-state index is 13.2. The van der Waals surface area contributed by atoms with Gasteiger partial charge < -0.3 is 10.1 Å². The molecular weight excluding hydrogens is 384 g/mol. The Labute approximate surface area is 136 Å². The Morgan fingerprint density at radius 2 is 2.00 bits per heavy atom. The molecule has 0 heterocycles. The molecule has 21 heavy (non-hydrogen) atoms. The van der Waals surface area contributed by atoms with Gasteiger partial charge in [0.1, 0.15) is 5.82 Å². The molecule has 0 bridgehead atoms. The summed E-state index contributed by atoms with van der Waals surface area (Å²) in [6, 6.07) is 13.1. The van der Waals surface area contributed by atoms with E-state index in [0.29, 0.717) is 15.9 Å². The predicted molar refractivity (Wildman–Crippen MR) is 88.6 cm³/mol. The Bertz CT molecular complexity index is 619. The molecule has 0 saturated heterocycles. The van der Waals surface area contributed by atoms with Crippen LogP contribution in [0.1, 0.15) is 18.5 Å². The lowest BCUT2D eigenvalue weighted by Crippen LogP contribution is -2.23. The lowest BCUT2D eigenvalue weighted by Gasteiger charge is -2.19. The molecule has 0 amide bonds. The molecule has 0 aromatic heterocycles. The summed E-state index contributed by atoms with van der Waals surface area (Å²) in [7, 11) is 0. The molecule has 2 rings (SSSR count). The maximum Gasteiger partial charge on any atom is 0.333 e. The van der Waals surface area contributed by atoms with Gasteiger partial charge >= 0.3 is 5.97 Å². The zero-order valence-electron chi connectivity index (χ0n) is 11.5. The van der Waals surface area contributed by atoms with Crippen molar-refractivity contribution in [3.05, 3.63) is 63.5 Å². The molecule has 0 radical (unpaired) electrons. The van der Waals surface area contributed by atoms with Crippen molar-refractivity contribution in [2.24, 2.45) is 0 Å². The van der Waals surface area contributed by atoms with Crippen LogP contribution in [0.5, 0.6) is 0 Å². The Morgan fingerprint density at radius 3 is 2.62 bits per heavy atom. The Kier molecular flexibility index (Phi) is 5.55. The summed E-state index contributed by atoms with van der Waals surface area (Å²) in [6.45, 7) is 2.08. The minimum absolute atomic E-state index is 0.308. The van der Waals surface area contributed by atoms with Gasteiger partial charge in [-0.25, -0.2) is 9.18 Å². The van der Waals surface area contributed by atoms with Gasteiger partial charge in [0.05, 0.1) is 6.61 Å². The third-order valence-electron chi connectivity index (χ3n) is 2.89. The summed E-state index contributed by atoms with van der Waals surface area (Å²) in [6.07, 6.45) is 0. The number of carbonyl (C=O) groups excluding carboxylic acids is 1. The van der Waals surface area contributed by atoms with Crippen LogP contribution in [0, 0.1) is 9.39 Å². The summed E-state index contributed by atoms with van der Waals surface area (Å²) in [5.74, 6) is -0.666. The van der Waals surface area contributed by atoms with E-state index in [0.717, 1.165) is 5.56 Å². The van der Waals surface area contributed by atoms with E-state index in [2.05, 4.69) is 5.32 Å². The maximum absolute atomic E-state index is 13.2. The molecule has 110 valence electrons. The van der Waals surface area contributed by atoms with E-state index < -0.39 is 6.04 Å². The largest absolute Gasteiger partial charge is 0.464 e. The van der Waals surface area contributed by atoms with Crippen molar-refractivity contribution < 1.29 is 13.9 Å². The molecular formula is C16H15FINO2. The van der Waals surface area contributed by atoms with Crippen LogP contribution in [-0.4, -0.2) is 12.6 Å². The Morgan fingerprint density at radius 1 is 1.29 bits per heavy atom. The number of hydrogen-bond acceptors (Lipinski definition) is 3. The number of anilines is 1. The Balaban J connectivity index is 2.30. The Hall–Kier alpha value is -1.63. The van der Waals surface area contributed by atoms with Gasteiger partial charge in [-0.15, -0.1) is 0 Å². The van der Waals surface area contributed by atoms with E-state index in [1.165, 1.54) is 12.1 Å². The minimum atomic E-state index is -0.620. The van der Waals surface area contributed by atoms with Crippen molar-refractivity contribution in [3.63, 3.8) is 0 Å². The summed E-state index contributed by atoms with van der Waals surface area (Å²) >= 11 is 2.03. The van der Waals surface area contributed by atoms with E-state index >= 15 is 0 Å². The molecule has 0 saturated carbocycles. The van der Waals surface area contributed by atoms with E-state index in [9.17, 15) is 9.18 Å². The van der Waals surface area contributed by atoms with Gasteiger partial charge in [-0.05, 0) is 53.3 Å². The monoisotopic (exact) mass is 399 g/mol.